The van der Waals surface area contributed by atoms with Crippen LogP contribution in [0.25, 0.3) is 0 Å². The van der Waals surface area contributed by atoms with Gasteiger partial charge in [-0.15, -0.1) is 0 Å². The highest BCUT2D eigenvalue weighted by molar-refractivity contribution is 9.10. The van der Waals surface area contributed by atoms with Crippen LogP contribution in [0.3, 0.4) is 0 Å². The molecule has 0 spiro atoms. The Bertz CT molecular complexity index is 1050. The van der Waals surface area contributed by atoms with Crippen LogP contribution in [0.4, 0.5) is 0 Å². The molecule has 0 unspecified atom stereocenters. The van der Waals surface area contributed by atoms with Crippen molar-refractivity contribution in [2.24, 2.45) is 0 Å². The number of carbonyl (C=O) groups excluding carboxylic acids is 1. The first kappa shape index (κ1) is 22.5. The lowest BCUT2D eigenvalue weighted by Gasteiger charge is -2.28. The molecule has 0 atom stereocenters. The summed E-state index contributed by atoms with van der Waals surface area (Å²) in [6, 6.07) is 20.9. The Hall–Kier alpha value is -2.67. The highest BCUT2D eigenvalue weighted by Gasteiger charge is 2.23. The van der Waals surface area contributed by atoms with Gasteiger partial charge in [-0.05, 0) is 36.2 Å². The van der Waals surface area contributed by atoms with Crippen LogP contribution >= 0.6 is 15.9 Å². The van der Waals surface area contributed by atoms with Crippen molar-refractivity contribution in [1.29, 1.82) is 0 Å². The molecule has 0 saturated carbocycles. The third kappa shape index (κ3) is 5.57. The van der Waals surface area contributed by atoms with Crippen molar-refractivity contribution < 1.29 is 19.0 Å². The summed E-state index contributed by atoms with van der Waals surface area (Å²) in [6.07, 6.45) is 0. The van der Waals surface area contributed by atoms with E-state index in [-0.39, 0.29) is 0 Å². The SMILES string of the molecule is Cc1c(Br)c(CN2CCOCC2)cc(C(=O)Oc2ccccc2)c1OCc1ccccc1. The van der Waals surface area contributed by atoms with Crippen LogP contribution in [0.2, 0.25) is 0 Å². The average Bonchev–Trinajstić information content (AvgIpc) is 2.83. The zero-order valence-corrected chi connectivity index (χ0v) is 19.6. The largest absolute Gasteiger partial charge is 0.488 e. The van der Waals surface area contributed by atoms with Gasteiger partial charge in [0.1, 0.15) is 23.7 Å². The molecule has 0 bridgehead atoms. The average molecular weight is 496 g/mol. The first-order valence-corrected chi connectivity index (χ1v) is 11.5. The molecular weight excluding hydrogens is 470 g/mol. The summed E-state index contributed by atoms with van der Waals surface area (Å²) < 4.78 is 18.3. The predicted octanol–water partition coefficient (Wildman–Crippen LogP) is 5.39. The molecule has 3 aromatic rings. The van der Waals surface area contributed by atoms with Gasteiger partial charge in [-0.3, -0.25) is 4.90 Å². The standard InChI is InChI=1S/C26H26BrNO4/c1-19-24(27)21(17-28-12-14-30-15-13-28)16-23(26(29)32-22-10-6-3-7-11-22)25(19)31-18-20-8-4-2-5-9-20/h2-11,16H,12-15,17-18H2,1H3. The van der Waals surface area contributed by atoms with Gasteiger partial charge in [0, 0.05) is 29.7 Å². The van der Waals surface area contributed by atoms with Crippen molar-refractivity contribution in [3.63, 3.8) is 0 Å². The lowest BCUT2D eigenvalue weighted by Crippen LogP contribution is -2.35. The number of rotatable bonds is 7. The predicted molar refractivity (Wildman–Crippen MR) is 127 cm³/mol. The van der Waals surface area contributed by atoms with E-state index in [1.165, 1.54) is 0 Å². The quantitative estimate of drug-likeness (QED) is 0.325. The van der Waals surface area contributed by atoms with E-state index in [0.29, 0.717) is 23.7 Å². The summed E-state index contributed by atoms with van der Waals surface area (Å²) >= 11 is 3.74. The molecule has 1 fully saturated rings. The topological polar surface area (TPSA) is 48.0 Å². The number of para-hydroxylation sites is 1. The number of morpholine rings is 1. The van der Waals surface area contributed by atoms with Gasteiger partial charge in [-0.25, -0.2) is 4.79 Å². The van der Waals surface area contributed by atoms with E-state index < -0.39 is 5.97 Å². The van der Waals surface area contributed by atoms with Crippen molar-refractivity contribution in [2.75, 3.05) is 26.3 Å². The van der Waals surface area contributed by atoms with Gasteiger partial charge in [-0.1, -0.05) is 64.5 Å². The number of benzene rings is 3. The minimum absolute atomic E-state index is 0.364. The van der Waals surface area contributed by atoms with E-state index in [1.807, 2.05) is 61.5 Å². The zero-order valence-electron chi connectivity index (χ0n) is 18.1. The number of hydrogen-bond acceptors (Lipinski definition) is 5. The van der Waals surface area contributed by atoms with Gasteiger partial charge in [-0.2, -0.15) is 0 Å². The summed E-state index contributed by atoms with van der Waals surface area (Å²) in [5.41, 5.74) is 3.36. The van der Waals surface area contributed by atoms with E-state index in [1.54, 1.807) is 12.1 Å². The number of halogens is 1. The minimum atomic E-state index is -0.432. The van der Waals surface area contributed by atoms with E-state index >= 15 is 0 Å². The van der Waals surface area contributed by atoms with Crippen LogP contribution in [0.15, 0.2) is 71.2 Å². The fourth-order valence-electron chi connectivity index (χ4n) is 3.68. The number of hydrogen-bond donors (Lipinski definition) is 0. The maximum absolute atomic E-state index is 13.2. The van der Waals surface area contributed by atoms with Crippen molar-refractivity contribution in [2.45, 2.75) is 20.1 Å². The fourth-order valence-corrected chi connectivity index (χ4v) is 4.10. The van der Waals surface area contributed by atoms with Gasteiger partial charge < -0.3 is 14.2 Å². The van der Waals surface area contributed by atoms with Gasteiger partial charge in [0.2, 0.25) is 0 Å². The fraction of sp³-hybridized carbons (Fsp3) is 0.269. The lowest BCUT2D eigenvalue weighted by molar-refractivity contribution is 0.0340. The summed E-state index contributed by atoms with van der Waals surface area (Å²) in [5.74, 6) is 0.604. The summed E-state index contributed by atoms with van der Waals surface area (Å²) in [6.45, 7) is 6.21. The van der Waals surface area contributed by atoms with E-state index in [0.717, 1.165) is 54.0 Å². The number of esters is 1. The van der Waals surface area contributed by atoms with E-state index in [4.69, 9.17) is 14.2 Å². The van der Waals surface area contributed by atoms with Crippen LogP contribution < -0.4 is 9.47 Å². The number of carbonyl (C=O) groups is 1. The third-order valence-corrected chi connectivity index (χ3v) is 6.52. The molecule has 4 rings (SSSR count). The molecule has 0 radical (unpaired) electrons. The highest BCUT2D eigenvalue weighted by Crippen LogP contribution is 2.35. The molecule has 3 aromatic carbocycles. The molecular formula is C26H26BrNO4. The van der Waals surface area contributed by atoms with Crippen molar-refractivity contribution >= 4 is 21.9 Å². The van der Waals surface area contributed by atoms with Gasteiger partial charge >= 0.3 is 5.97 Å². The normalized spacial score (nSPS) is 14.2. The molecule has 0 aromatic heterocycles. The number of nitrogens with zero attached hydrogens (tertiary/aromatic N) is 1. The summed E-state index contributed by atoms with van der Waals surface area (Å²) in [4.78, 5) is 15.5. The van der Waals surface area contributed by atoms with Crippen LogP contribution in [0.5, 0.6) is 11.5 Å². The van der Waals surface area contributed by atoms with Crippen molar-refractivity contribution in [3.05, 3.63) is 93.5 Å². The second-order valence-electron chi connectivity index (χ2n) is 7.72. The zero-order chi connectivity index (χ0) is 22.3. The molecule has 166 valence electrons. The monoisotopic (exact) mass is 495 g/mol. The highest BCUT2D eigenvalue weighted by atomic mass is 79.9. The lowest BCUT2D eigenvalue weighted by atomic mass is 10.0. The van der Waals surface area contributed by atoms with Crippen molar-refractivity contribution in [3.8, 4) is 11.5 Å². The minimum Gasteiger partial charge on any atom is -0.488 e. The molecule has 0 aliphatic carbocycles. The Morgan fingerprint density at radius 1 is 1.03 bits per heavy atom. The maximum atomic E-state index is 13.2. The second-order valence-corrected chi connectivity index (χ2v) is 8.51. The smallest absolute Gasteiger partial charge is 0.347 e. The van der Waals surface area contributed by atoms with Gasteiger partial charge in [0.15, 0.2) is 0 Å². The van der Waals surface area contributed by atoms with E-state index in [2.05, 4.69) is 20.8 Å². The summed E-state index contributed by atoms with van der Waals surface area (Å²) in [5, 5.41) is 0. The van der Waals surface area contributed by atoms with Crippen LogP contribution in [0.1, 0.15) is 27.0 Å². The number of ether oxygens (including phenoxy) is 3. The Labute approximate surface area is 197 Å². The molecule has 6 heteroatoms. The molecule has 32 heavy (non-hydrogen) atoms. The molecule has 5 nitrogen and oxygen atoms in total. The van der Waals surface area contributed by atoms with Crippen LogP contribution in [0, 0.1) is 6.92 Å². The Kier molecular flexibility index (Phi) is 7.58. The molecule has 1 aliphatic rings. The summed E-state index contributed by atoms with van der Waals surface area (Å²) in [7, 11) is 0. The molecule has 1 aliphatic heterocycles. The Morgan fingerprint density at radius 2 is 1.69 bits per heavy atom. The molecule has 0 N–H and O–H groups in total. The first-order valence-electron chi connectivity index (χ1n) is 10.7. The maximum Gasteiger partial charge on any atom is 0.347 e. The van der Waals surface area contributed by atoms with Crippen LogP contribution in [-0.2, 0) is 17.9 Å². The molecule has 1 heterocycles. The van der Waals surface area contributed by atoms with Crippen molar-refractivity contribution in [1.82, 2.24) is 4.90 Å². The second kappa shape index (κ2) is 10.8. The third-order valence-electron chi connectivity index (χ3n) is 5.41. The van der Waals surface area contributed by atoms with Gasteiger partial charge in [0.25, 0.3) is 0 Å². The van der Waals surface area contributed by atoms with Crippen LogP contribution in [-0.4, -0.2) is 37.2 Å². The Balaban J connectivity index is 1.65. The molecule has 0 amide bonds. The van der Waals surface area contributed by atoms with Gasteiger partial charge in [0.05, 0.1) is 13.2 Å². The Morgan fingerprint density at radius 3 is 2.38 bits per heavy atom. The first-order chi connectivity index (χ1) is 15.6. The molecule has 1 saturated heterocycles. The van der Waals surface area contributed by atoms with E-state index in [9.17, 15) is 4.79 Å².